The van der Waals surface area contributed by atoms with E-state index in [-0.39, 0.29) is 0 Å². The number of benzene rings is 1. The summed E-state index contributed by atoms with van der Waals surface area (Å²) in [6.45, 7) is 4.07. The molecule has 3 heteroatoms. The fourth-order valence-electron chi connectivity index (χ4n) is 2.29. The fourth-order valence-corrected chi connectivity index (χ4v) is 2.29. The van der Waals surface area contributed by atoms with E-state index in [1.165, 1.54) is 0 Å². The summed E-state index contributed by atoms with van der Waals surface area (Å²) in [6, 6.07) is 12.1. The van der Waals surface area contributed by atoms with Gasteiger partial charge < -0.3 is 0 Å². The predicted octanol–water partition coefficient (Wildman–Crippen LogP) is 2.49. The number of nitrogens with zero attached hydrogens (tertiary/aromatic N) is 1. The van der Waals surface area contributed by atoms with Gasteiger partial charge in [0.05, 0.1) is 0 Å². The summed E-state index contributed by atoms with van der Waals surface area (Å²) in [5.41, 5.74) is 10.6. The number of hydrogen-bond donors (Lipinski definition) is 1. The van der Waals surface area contributed by atoms with Gasteiger partial charge in [-0.15, -0.1) is 0 Å². The van der Waals surface area contributed by atoms with Gasteiger partial charge in [-0.1, -0.05) is 37.3 Å². The van der Waals surface area contributed by atoms with Crippen molar-refractivity contribution in [2.45, 2.75) is 20.3 Å². The van der Waals surface area contributed by atoms with Crippen molar-refractivity contribution >= 4 is 5.82 Å². The first-order valence-corrected chi connectivity index (χ1v) is 5.98. The lowest BCUT2D eigenvalue weighted by molar-refractivity contribution is -0.371. The third kappa shape index (κ3) is 1.93. The number of pyridine rings is 1. The molecule has 1 heterocycles. The predicted molar refractivity (Wildman–Crippen MR) is 71.7 cm³/mol. The first-order chi connectivity index (χ1) is 8.69. The molecule has 1 aromatic carbocycles. The third-order valence-electron chi connectivity index (χ3n) is 3.12. The van der Waals surface area contributed by atoms with E-state index < -0.39 is 0 Å². The molecule has 90 valence electrons. The molecule has 0 aliphatic rings. The Bertz CT molecular complexity index is 610. The molecule has 0 saturated heterocycles. The summed E-state index contributed by atoms with van der Waals surface area (Å²) in [5, 5.41) is 9.32. The van der Waals surface area contributed by atoms with Crippen molar-refractivity contribution in [3.63, 3.8) is 0 Å². The summed E-state index contributed by atoms with van der Waals surface area (Å²) < 4.78 is 0. The minimum absolute atomic E-state index is 0.436. The van der Waals surface area contributed by atoms with Crippen LogP contribution in [-0.2, 0) is 6.42 Å². The van der Waals surface area contributed by atoms with E-state index in [4.69, 9.17) is 5.73 Å². The molecular weight excluding hydrogens is 222 g/mol. The van der Waals surface area contributed by atoms with E-state index in [1.54, 1.807) is 0 Å². The second kappa shape index (κ2) is 4.89. The quantitative estimate of drug-likeness (QED) is 0.873. The maximum absolute atomic E-state index is 9.32. The van der Waals surface area contributed by atoms with Gasteiger partial charge in [0, 0.05) is 11.1 Å². The van der Waals surface area contributed by atoms with Crippen LogP contribution in [0.4, 0.5) is 5.82 Å². The molecule has 1 aromatic heterocycles. The average Bonchev–Trinajstić information content (AvgIpc) is 2.39. The van der Waals surface area contributed by atoms with E-state index in [1.807, 2.05) is 37.3 Å². The number of aromatic amines is 1. The van der Waals surface area contributed by atoms with Crippen LogP contribution < -0.4 is 10.7 Å². The van der Waals surface area contributed by atoms with Crippen LogP contribution in [0.5, 0.6) is 0 Å². The van der Waals surface area contributed by atoms with Gasteiger partial charge in [0.1, 0.15) is 17.3 Å². The number of nitriles is 1. The van der Waals surface area contributed by atoms with Crippen LogP contribution in [0, 0.1) is 18.3 Å². The van der Waals surface area contributed by atoms with Crippen LogP contribution in [0.1, 0.15) is 23.7 Å². The van der Waals surface area contributed by atoms with Gasteiger partial charge in [-0.2, -0.15) is 5.26 Å². The summed E-state index contributed by atoms with van der Waals surface area (Å²) in [7, 11) is 0. The second-order valence-electron chi connectivity index (χ2n) is 4.22. The van der Waals surface area contributed by atoms with Crippen LogP contribution in [0.15, 0.2) is 30.3 Å². The number of aromatic nitrogens is 1. The molecule has 0 aliphatic carbocycles. The van der Waals surface area contributed by atoms with E-state index >= 15 is 0 Å². The summed E-state index contributed by atoms with van der Waals surface area (Å²) in [4.78, 5) is 3.07. The molecule has 2 rings (SSSR count). The average molecular weight is 238 g/mol. The Morgan fingerprint density at radius 3 is 2.50 bits per heavy atom. The highest BCUT2D eigenvalue weighted by molar-refractivity contribution is 5.77. The number of aryl methyl sites for hydroxylation is 1. The van der Waals surface area contributed by atoms with Gasteiger partial charge in [0.2, 0.25) is 0 Å². The Balaban J connectivity index is 2.83. The minimum atomic E-state index is 0.436. The lowest BCUT2D eigenvalue weighted by Crippen LogP contribution is -2.19. The summed E-state index contributed by atoms with van der Waals surface area (Å²) in [5.74, 6) is 0.436. The Kier molecular flexibility index (Phi) is 3.29. The van der Waals surface area contributed by atoms with Crippen molar-refractivity contribution in [2.24, 2.45) is 0 Å². The lowest BCUT2D eigenvalue weighted by Gasteiger charge is -2.11. The fraction of sp³-hybridized carbons (Fsp3) is 0.200. The van der Waals surface area contributed by atoms with Crippen LogP contribution in [-0.4, -0.2) is 0 Å². The molecular formula is C15H16N3+. The van der Waals surface area contributed by atoms with Crippen molar-refractivity contribution in [2.75, 3.05) is 5.73 Å². The maximum Gasteiger partial charge on any atom is 0.289 e. The van der Waals surface area contributed by atoms with Gasteiger partial charge in [-0.05, 0) is 18.9 Å². The van der Waals surface area contributed by atoms with E-state index in [0.29, 0.717) is 11.4 Å². The Morgan fingerprint density at radius 2 is 1.94 bits per heavy atom. The normalized spacial score (nSPS) is 10.1. The second-order valence-corrected chi connectivity index (χ2v) is 4.22. The SMILES string of the molecule is CCc1c(C)[nH+]c(N)c(C#N)c1-c1ccccc1. The molecule has 0 saturated carbocycles. The maximum atomic E-state index is 9.32. The van der Waals surface area contributed by atoms with Crippen molar-refractivity contribution in [1.29, 1.82) is 5.26 Å². The molecule has 0 amide bonds. The minimum Gasteiger partial charge on any atom is -0.286 e. The molecule has 2 aromatic rings. The van der Waals surface area contributed by atoms with Crippen LogP contribution >= 0.6 is 0 Å². The number of nitrogen functional groups attached to an aromatic ring is 1. The standard InChI is InChI=1S/C15H15N3/c1-3-12-10(2)18-15(17)13(9-16)14(12)11-7-5-4-6-8-11/h4-8H,3H2,1-2H3,(H2,17,18)/p+1. The number of nitrogens with two attached hydrogens (primary N) is 1. The van der Waals surface area contributed by atoms with Gasteiger partial charge in [-0.25, -0.2) is 4.98 Å². The largest absolute Gasteiger partial charge is 0.289 e. The smallest absolute Gasteiger partial charge is 0.286 e. The van der Waals surface area contributed by atoms with E-state index in [2.05, 4.69) is 18.0 Å². The van der Waals surface area contributed by atoms with Crippen molar-refractivity contribution in [1.82, 2.24) is 0 Å². The molecule has 0 atom stereocenters. The molecule has 3 N–H and O–H groups in total. The van der Waals surface area contributed by atoms with Gasteiger partial charge in [0.25, 0.3) is 5.82 Å². The number of hydrogen-bond acceptors (Lipinski definition) is 2. The first kappa shape index (κ1) is 12.1. The molecule has 0 unspecified atom stereocenters. The number of H-pyrrole nitrogens is 1. The van der Waals surface area contributed by atoms with Gasteiger partial charge in [-0.3, -0.25) is 5.73 Å². The monoisotopic (exact) mass is 238 g/mol. The lowest BCUT2D eigenvalue weighted by atomic mass is 9.93. The van der Waals surface area contributed by atoms with E-state index in [0.717, 1.165) is 28.8 Å². The van der Waals surface area contributed by atoms with E-state index in [9.17, 15) is 5.26 Å². The van der Waals surface area contributed by atoms with Crippen molar-refractivity contribution in [3.05, 3.63) is 47.2 Å². The third-order valence-corrected chi connectivity index (χ3v) is 3.12. The van der Waals surface area contributed by atoms with Crippen molar-refractivity contribution in [3.8, 4) is 17.2 Å². The highest BCUT2D eigenvalue weighted by atomic mass is 14.8. The summed E-state index contributed by atoms with van der Waals surface area (Å²) in [6.07, 6.45) is 0.863. The Hall–Kier alpha value is -2.34. The van der Waals surface area contributed by atoms with Gasteiger partial charge >= 0.3 is 0 Å². The number of anilines is 1. The number of nitrogens with one attached hydrogen (secondary N) is 1. The summed E-state index contributed by atoms with van der Waals surface area (Å²) >= 11 is 0. The van der Waals surface area contributed by atoms with Gasteiger partial charge in [0.15, 0.2) is 0 Å². The molecule has 0 fully saturated rings. The van der Waals surface area contributed by atoms with Crippen LogP contribution in [0.2, 0.25) is 0 Å². The molecule has 0 radical (unpaired) electrons. The zero-order chi connectivity index (χ0) is 13.1. The van der Waals surface area contributed by atoms with Crippen LogP contribution in [0.3, 0.4) is 0 Å². The molecule has 0 aliphatic heterocycles. The molecule has 3 nitrogen and oxygen atoms in total. The first-order valence-electron chi connectivity index (χ1n) is 5.98. The zero-order valence-electron chi connectivity index (χ0n) is 10.6. The topological polar surface area (TPSA) is 63.9 Å². The Labute approximate surface area is 107 Å². The van der Waals surface area contributed by atoms with Crippen molar-refractivity contribution < 1.29 is 4.98 Å². The Morgan fingerprint density at radius 1 is 1.28 bits per heavy atom. The molecule has 0 bridgehead atoms. The zero-order valence-corrected chi connectivity index (χ0v) is 10.6. The van der Waals surface area contributed by atoms with Crippen LogP contribution in [0.25, 0.3) is 11.1 Å². The molecule has 0 spiro atoms. The molecule has 18 heavy (non-hydrogen) atoms. The highest BCUT2D eigenvalue weighted by Crippen LogP contribution is 2.30. The number of rotatable bonds is 2. The highest BCUT2D eigenvalue weighted by Gasteiger charge is 2.19.